The van der Waals surface area contributed by atoms with E-state index in [4.69, 9.17) is 22.4 Å². The van der Waals surface area contributed by atoms with E-state index < -0.39 is 11.8 Å². The Morgan fingerprint density at radius 3 is 2.90 bits per heavy atom. The van der Waals surface area contributed by atoms with Crippen LogP contribution in [0.1, 0.15) is 10.5 Å². The van der Waals surface area contributed by atoms with Crippen LogP contribution in [0.3, 0.4) is 0 Å². The van der Waals surface area contributed by atoms with Crippen LogP contribution in [0.25, 0.3) is 22.2 Å². The van der Waals surface area contributed by atoms with Gasteiger partial charge in [-0.2, -0.15) is 0 Å². The number of nitrogens with zero attached hydrogens (tertiary/aromatic N) is 1. The number of hydrogen-bond donors (Lipinski definition) is 3. The molecule has 0 amide bonds. The lowest BCUT2D eigenvalue weighted by molar-refractivity contribution is 0.0690. The number of benzene rings is 1. The van der Waals surface area contributed by atoms with Crippen LogP contribution in [0, 0.1) is 5.82 Å². The minimum absolute atomic E-state index is 0.113. The van der Waals surface area contributed by atoms with Crippen LogP contribution in [-0.4, -0.2) is 21.0 Å². The predicted molar refractivity (Wildman–Crippen MR) is 77.9 cm³/mol. The first-order chi connectivity index (χ1) is 9.99. The SMILES string of the molecule is Nc1cc(-c2cccc(C(=O)O)n2)c(F)c2[nH]cc(Cl)c12. The summed E-state index contributed by atoms with van der Waals surface area (Å²) in [5.74, 6) is -1.77. The Labute approximate surface area is 123 Å². The number of hydrogen-bond acceptors (Lipinski definition) is 3. The molecule has 0 atom stereocenters. The van der Waals surface area contributed by atoms with Crippen molar-refractivity contribution in [2.75, 3.05) is 5.73 Å². The zero-order chi connectivity index (χ0) is 15.1. The number of carboxylic acid groups (broad SMARTS) is 1. The van der Waals surface area contributed by atoms with Crippen molar-refractivity contribution in [2.45, 2.75) is 0 Å². The zero-order valence-corrected chi connectivity index (χ0v) is 11.3. The van der Waals surface area contributed by atoms with Crippen molar-refractivity contribution in [3.05, 3.63) is 47.0 Å². The number of halogens is 2. The molecule has 0 spiro atoms. The maximum Gasteiger partial charge on any atom is 0.354 e. The first kappa shape index (κ1) is 13.4. The molecule has 3 aromatic rings. The van der Waals surface area contributed by atoms with Crippen LogP contribution in [0.2, 0.25) is 5.02 Å². The van der Waals surface area contributed by atoms with E-state index in [0.29, 0.717) is 10.4 Å². The number of pyridine rings is 1. The van der Waals surface area contributed by atoms with Crippen LogP contribution in [-0.2, 0) is 0 Å². The fraction of sp³-hybridized carbons (Fsp3) is 0. The number of anilines is 1. The average molecular weight is 306 g/mol. The summed E-state index contributed by atoms with van der Waals surface area (Å²) in [5, 5.41) is 9.67. The number of nitrogens with two attached hydrogens (primary N) is 1. The van der Waals surface area contributed by atoms with E-state index in [0.717, 1.165) is 0 Å². The molecule has 5 nitrogen and oxygen atoms in total. The molecule has 0 saturated carbocycles. The molecule has 0 fully saturated rings. The van der Waals surface area contributed by atoms with Gasteiger partial charge in [-0.3, -0.25) is 0 Å². The summed E-state index contributed by atoms with van der Waals surface area (Å²) in [6, 6.07) is 5.73. The van der Waals surface area contributed by atoms with Gasteiger partial charge in [0.2, 0.25) is 0 Å². The van der Waals surface area contributed by atoms with E-state index in [-0.39, 0.29) is 28.2 Å². The van der Waals surface area contributed by atoms with Gasteiger partial charge < -0.3 is 15.8 Å². The standard InChI is InChI=1S/C14H9ClFN3O2/c15-7-5-18-13-11(7)8(17)4-6(12(13)16)9-2-1-3-10(19-9)14(20)21/h1-5,18H,17H2,(H,20,21). The third kappa shape index (κ3) is 2.09. The van der Waals surface area contributed by atoms with Crippen LogP contribution in [0.4, 0.5) is 10.1 Å². The van der Waals surface area contributed by atoms with E-state index in [9.17, 15) is 9.18 Å². The number of aromatic nitrogens is 2. The number of H-pyrrole nitrogens is 1. The molecule has 7 heteroatoms. The number of aromatic carboxylic acids is 1. The Balaban J connectivity index is 2.28. The van der Waals surface area contributed by atoms with Gasteiger partial charge in [0.05, 0.1) is 16.2 Å². The third-order valence-electron chi connectivity index (χ3n) is 3.12. The normalized spacial score (nSPS) is 11.0. The molecule has 2 heterocycles. The fourth-order valence-corrected chi connectivity index (χ4v) is 2.43. The number of fused-ring (bicyclic) bond motifs is 1. The Hall–Kier alpha value is -2.60. The van der Waals surface area contributed by atoms with Gasteiger partial charge in [-0.25, -0.2) is 14.2 Å². The molecule has 2 aromatic heterocycles. The molecule has 1 aromatic carbocycles. The highest BCUT2D eigenvalue weighted by Crippen LogP contribution is 2.35. The van der Waals surface area contributed by atoms with E-state index in [1.807, 2.05) is 0 Å². The molecule has 0 saturated heterocycles. The average Bonchev–Trinajstić information content (AvgIpc) is 2.86. The van der Waals surface area contributed by atoms with Gasteiger partial charge in [0.25, 0.3) is 0 Å². The number of nitrogen functional groups attached to an aromatic ring is 1. The van der Waals surface area contributed by atoms with E-state index in [1.165, 1.54) is 30.5 Å². The van der Waals surface area contributed by atoms with Crippen LogP contribution in [0.5, 0.6) is 0 Å². The highest BCUT2D eigenvalue weighted by atomic mass is 35.5. The summed E-state index contributed by atoms with van der Waals surface area (Å²) in [6.07, 6.45) is 1.44. The van der Waals surface area contributed by atoms with Gasteiger partial charge in [0, 0.05) is 22.8 Å². The topological polar surface area (TPSA) is 92.0 Å². The van der Waals surface area contributed by atoms with Gasteiger partial charge in [0.1, 0.15) is 5.69 Å². The second-order valence-electron chi connectivity index (χ2n) is 4.43. The Morgan fingerprint density at radius 1 is 1.43 bits per heavy atom. The van der Waals surface area contributed by atoms with Crippen molar-refractivity contribution >= 4 is 34.2 Å². The zero-order valence-electron chi connectivity index (χ0n) is 10.5. The summed E-state index contributed by atoms with van der Waals surface area (Å²) in [6.45, 7) is 0. The Kier molecular flexibility index (Phi) is 3.03. The predicted octanol–water partition coefficient (Wildman–Crippen LogP) is 3.30. The highest BCUT2D eigenvalue weighted by Gasteiger charge is 2.17. The lowest BCUT2D eigenvalue weighted by Crippen LogP contribution is -2.02. The smallest absolute Gasteiger partial charge is 0.354 e. The van der Waals surface area contributed by atoms with E-state index in [2.05, 4.69) is 9.97 Å². The van der Waals surface area contributed by atoms with Crippen molar-refractivity contribution in [2.24, 2.45) is 0 Å². The minimum atomic E-state index is -1.19. The molecule has 0 bridgehead atoms. The summed E-state index contributed by atoms with van der Waals surface area (Å²) < 4.78 is 14.5. The van der Waals surface area contributed by atoms with Crippen molar-refractivity contribution in [3.63, 3.8) is 0 Å². The first-order valence-corrected chi connectivity index (χ1v) is 6.32. The second-order valence-corrected chi connectivity index (χ2v) is 4.83. The summed E-state index contributed by atoms with van der Waals surface area (Å²) >= 11 is 5.94. The highest BCUT2D eigenvalue weighted by molar-refractivity contribution is 6.36. The van der Waals surface area contributed by atoms with Gasteiger partial charge >= 0.3 is 5.97 Å². The molecule has 0 unspecified atom stereocenters. The number of carbonyl (C=O) groups is 1. The summed E-state index contributed by atoms with van der Waals surface area (Å²) in [4.78, 5) is 17.6. The number of carboxylic acids is 1. The molecular weight excluding hydrogens is 297 g/mol. The molecule has 21 heavy (non-hydrogen) atoms. The summed E-state index contributed by atoms with van der Waals surface area (Å²) in [5.41, 5.74) is 6.47. The number of rotatable bonds is 2. The Bertz CT molecular complexity index is 876. The number of aromatic amines is 1. The molecule has 0 aliphatic rings. The van der Waals surface area contributed by atoms with Gasteiger partial charge in [-0.05, 0) is 18.2 Å². The minimum Gasteiger partial charge on any atom is -0.477 e. The molecule has 4 N–H and O–H groups in total. The molecule has 3 rings (SSSR count). The third-order valence-corrected chi connectivity index (χ3v) is 3.42. The Morgan fingerprint density at radius 2 is 2.19 bits per heavy atom. The quantitative estimate of drug-likeness (QED) is 0.633. The van der Waals surface area contributed by atoms with E-state index >= 15 is 0 Å². The molecule has 106 valence electrons. The van der Waals surface area contributed by atoms with Crippen molar-refractivity contribution in [1.82, 2.24) is 9.97 Å². The monoisotopic (exact) mass is 305 g/mol. The van der Waals surface area contributed by atoms with Gasteiger partial charge in [0.15, 0.2) is 5.82 Å². The molecular formula is C14H9ClFN3O2. The molecule has 0 aliphatic heterocycles. The second kappa shape index (κ2) is 4.75. The number of nitrogens with one attached hydrogen (secondary N) is 1. The van der Waals surface area contributed by atoms with Gasteiger partial charge in [-0.1, -0.05) is 17.7 Å². The molecule has 0 radical (unpaired) electrons. The maximum atomic E-state index is 14.5. The summed E-state index contributed by atoms with van der Waals surface area (Å²) in [7, 11) is 0. The van der Waals surface area contributed by atoms with Crippen LogP contribution in [0.15, 0.2) is 30.5 Å². The lowest BCUT2D eigenvalue weighted by Gasteiger charge is -2.07. The van der Waals surface area contributed by atoms with Crippen LogP contribution < -0.4 is 5.73 Å². The fourth-order valence-electron chi connectivity index (χ4n) is 2.17. The lowest BCUT2D eigenvalue weighted by atomic mass is 10.1. The van der Waals surface area contributed by atoms with Gasteiger partial charge in [-0.15, -0.1) is 0 Å². The first-order valence-electron chi connectivity index (χ1n) is 5.94. The van der Waals surface area contributed by atoms with Crippen molar-refractivity contribution in [1.29, 1.82) is 0 Å². The van der Waals surface area contributed by atoms with Crippen molar-refractivity contribution in [3.8, 4) is 11.3 Å². The van der Waals surface area contributed by atoms with E-state index in [1.54, 1.807) is 0 Å². The molecule has 0 aliphatic carbocycles. The van der Waals surface area contributed by atoms with Crippen LogP contribution >= 0.6 is 11.6 Å². The maximum absolute atomic E-state index is 14.5. The largest absolute Gasteiger partial charge is 0.477 e. The van der Waals surface area contributed by atoms with Crippen molar-refractivity contribution < 1.29 is 14.3 Å².